The van der Waals surface area contributed by atoms with Crippen LogP contribution in [0, 0.1) is 5.92 Å². The van der Waals surface area contributed by atoms with Gasteiger partial charge in [0.25, 0.3) is 0 Å². The van der Waals surface area contributed by atoms with Crippen LogP contribution in [0.5, 0.6) is 0 Å². The second-order valence-corrected chi connectivity index (χ2v) is 5.77. The molecule has 1 saturated heterocycles. The van der Waals surface area contributed by atoms with Crippen LogP contribution in [0.15, 0.2) is 0 Å². The van der Waals surface area contributed by atoms with E-state index < -0.39 is 10.8 Å². The zero-order valence-electron chi connectivity index (χ0n) is 9.58. The van der Waals surface area contributed by atoms with Gasteiger partial charge in [0.1, 0.15) is 0 Å². The third kappa shape index (κ3) is 3.91. The number of carbonyl (C=O) groups is 1. The molecule has 0 aliphatic carbocycles. The van der Waals surface area contributed by atoms with Crippen LogP contribution in [0.25, 0.3) is 0 Å². The van der Waals surface area contributed by atoms with Gasteiger partial charge >= 0.3 is 0 Å². The minimum atomic E-state index is -0.853. The Labute approximate surface area is 93.7 Å². The van der Waals surface area contributed by atoms with Gasteiger partial charge < -0.3 is 10.6 Å². The molecule has 4 atom stereocenters. The van der Waals surface area contributed by atoms with Crippen molar-refractivity contribution in [1.82, 2.24) is 10.6 Å². The molecule has 1 amide bonds. The summed E-state index contributed by atoms with van der Waals surface area (Å²) in [6, 6.07) is 0.250. The van der Waals surface area contributed by atoms with E-state index in [9.17, 15) is 9.00 Å². The first-order valence-corrected chi connectivity index (χ1v) is 7.07. The first-order chi connectivity index (χ1) is 7.00. The van der Waals surface area contributed by atoms with Crippen molar-refractivity contribution < 1.29 is 9.00 Å². The van der Waals surface area contributed by atoms with E-state index in [0.29, 0.717) is 5.75 Å². The number of nitrogens with one attached hydrogen (secondary N) is 2. The van der Waals surface area contributed by atoms with Gasteiger partial charge in [-0.05, 0) is 26.8 Å². The summed E-state index contributed by atoms with van der Waals surface area (Å²) in [7, 11) is -0.853. The fraction of sp³-hybridized carbons (Fsp3) is 0.900. The Hall–Kier alpha value is -0.420. The molecule has 0 aromatic rings. The molecule has 0 radical (unpaired) electrons. The van der Waals surface area contributed by atoms with Crippen LogP contribution in [0.1, 0.15) is 20.3 Å². The summed E-state index contributed by atoms with van der Waals surface area (Å²) >= 11 is 0. The summed E-state index contributed by atoms with van der Waals surface area (Å²) in [5, 5.41) is 6.16. The molecule has 4 nitrogen and oxygen atoms in total. The average Bonchev–Trinajstić information content (AvgIpc) is 2.49. The molecule has 0 aromatic heterocycles. The van der Waals surface area contributed by atoms with E-state index >= 15 is 0 Å². The Morgan fingerprint density at radius 3 is 2.80 bits per heavy atom. The molecule has 15 heavy (non-hydrogen) atoms. The second kappa shape index (κ2) is 5.61. The van der Waals surface area contributed by atoms with Crippen molar-refractivity contribution in [3.8, 4) is 0 Å². The smallest absolute Gasteiger partial charge is 0.224 e. The highest BCUT2D eigenvalue weighted by Gasteiger charge is 2.29. The van der Waals surface area contributed by atoms with Crippen molar-refractivity contribution in [1.29, 1.82) is 0 Å². The van der Waals surface area contributed by atoms with Crippen molar-refractivity contribution in [2.45, 2.75) is 32.4 Å². The normalized spacial score (nSPS) is 29.8. The lowest BCUT2D eigenvalue weighted by Crippen LogP contribution is -2.42. The number of amides is 1. The summed E-state index contributed by atoms with van der Waals surface area (Å²) in [5.74, 6) is 0.684. The lowest BCUT2D eigenvalue weighted by Gasteiger charge is -2.18. The van der Waals surface area contributed by atoms with Crippen LogP contribution >= 0.6 is 0 Å². The third-order valence-corrected chi connectivity index (χ3v) is 3.70. The van der Waals surface area contributed by atoms with E-state index in [1.165, 1.54) is 0 Å². The lowest BCUT2D eigenvalue weighted by molar-refractivity contribution is -0.125. The number of hydrogen-bond acceptors (Lipinski definition) is 3. The van der Waals surface area contributed by atoms with Crippen LogP contribution < -0.4 is 10.6 Å². The Kier molecular flexibility index (Phi) is 4.73. The SMILES string of the molecule is CC(CS(C)=O)NC(=O)C1CCNC1C. The van der Waals surface area contributed by atoms with Crippen molar-refractivity contribution in [3.63, 3.8) is 0 Å². The Balaban J connectivity index is 2.37. The number of carbonyl (C=O) groups excluding carboxylic acids is 1. The fourth-order valence-electron chi connectivity index (χ4n) is 1.96. The fourth-order valence-corrected chi connectivity index (χ4v) is 2.75. The van der Waals surface area contributed by atoms with Gasteiger partial charge in [-0.2, -0.15) is 0 Å². The van der Waals surface area contributed by atoms with E-state index in [2.05, 4.69) is 10.6 Å². The van der Waals surface area contributed by atoms with Gasteiger partial charge in [-0.1, -0.05) is 0 Å². The van der Waals surface area contributed by atoms with Gasteiger partial charge in [-0.3, -0.25) is 9.00 Å². The maximum atomic E-state index is 11.8. The quantitative estimate of drug-likeness (QED) is 0.710. The molecule has 0 aromatic carbocycles. The molecule has 0 saturated carbocycles. The summed E-state index contributed by atoms with van der Waals surface area (Å²) in [6.45, 7) is 4.83. The van der Waals surface area contributed by atoms with E-state index in [1.807, 2.05) is 13.8 Å². The van der Waals surface area contributed by atoms with Gasteiger partial charge in [-0.25, -0.2) is 0 Å². The van der Waals surface area contributed by atoms with Crippen molar-refractivity contribution in [3.05, 3.63) is 0 Å². The zero-order valence-corrected chi connectivity index (χ0v) is 10.4. The molecule has 2 N–H and O–H groups in total. The van der Waals surface area contributed by atoms with Crippen molar-refractivity contribution in [2.75, 3.05) is 18.6 Å². The van der Waals surface area contributed by atoms with Crippen molar-refractivity contribution in [2.24, 2.45) is 5.92 Å². The number of rotatable bonds is 4. The van der Waals surface area contributed by atoms with E-state index in [1.54, 1.807) is 6.26 Å². The summed E-state index contributed by atoms with van der Waals surface area (Å²) in [4.78, 5) is 11.8. The van der Waals surface area contributed by atoms with Gasteiger partial charge in [0.15, 0.2) is 0 Å². The average molecular weight is 232 g/mol. The largest absolute Gasteiger partial charge is 0.352 e. The predicted molar refractivity (Wildman–Crippen MR) is 62.1 cm³/mol. The van der Waals surface area contributed by atoms with Crippen LogP contribution in [0.3, 0.4) is 0 Å². The zero-order chi connectivity index (χ0) is 11.4. The van der Waals surface area contributed by atoms with Crippen LogP contribution in [0.2, 0.25) is 0 Å². The van der Waals surface area contributed by atoms with E-state index in [-0.39, 0.29) is 23.9 Å². The highest BCUT2D eigenvalue weighted by Crippen LogP contribution is 2.15. The monoisotopic (exact) mass is 232 g/mol. The molecule has 88 valence electrons. The Morgan fingerprint density at radius 1 is 1.67 bits per heavy atom. The molecule has 5 heteroatoms. The minimum absolute atomic E-state index is 0.00358. The van der Waals surface area contributed by atoms with Crippen molar-refractivity contribution >= 4 is 16.7 Å². The molecule has 4 unspecified atom stereocenters. The molecule has 0 bridgehead atoms. The predicted octanol–water partition coefficient (Wildman–Crippen LogP) is -0.132. The molecule has 1 rings (SSSR count). The minimum Gasteiger partial charge on any atom is -0.352 e. The van der Waals surface area contributed by atoms with Gasteiger partial charge in [0, 0.05) is 34.9 Å². The topological polar surface area (TPSA) is 58.2 Å². The maximum absolute atomic E-state index is 11.8. The molecular weight excluding hydrogens is 212 g/mol. The third-order valence-electron chi connectivity index (χ3n) is 2.74. The molecule has 1 heterocycles. The standard InChI is InChI=1S/C10H20N2O2S/c1-7(6-15(3)14)12-10(13)9-4-5-11-8(9)2/h7-9,11H,4-6H2,1-3H3,(H,12,13). The maximum Gasteiger partial charge on any atom is 0.224 e. The van der Waals surface area contributed by atoms with Crippen LogP contribution in [0.4, 0.5) is 0 Å². The van der Waals surface area contributed by atoms with E-state index in [4.69, 9.17) is 0 Å². The molecule has 1 aliphatic heterocycles. The molecule has 0 spiro atoms. The van der Waals surface area contributed by atoms with Crippen LogP contribution in [-0.4, -0.2) is 40.8 Å². The van der Waals surface area contributed by atoms with E-state index in [0.717, 1.165) is 13.0 Å². The van der Waals surface area contributed by atoms with Gasteiger partial charge in [0.05, 0.1) is 5.92 Å². The Morgan fingerprint density at radius 2 is 2.33 bits per heavy atom. The van der Waals surface area contributed by atoms with Gasteiger partial charge in [0.2, 0.25) is 5.91 Å². The summed E-state index contributed by atoms with van der Waals surface area (Å²) < 4.78 is 11.0. The second-order valence-electron chi connectivity index (χ2n) is 4.29. The summed E-state index contributed by atoms with van der Waals surface area (Å²) in [5.41, 5.74) is 0. The summed E-state index contributed by atoms with van der Waals surface area (Å²) in [6.07, 6.45) is 2.55. The number of hydrogen-bond donors (Lipinski definition) is 2. The first kappa shape index (κ1) is 12.6. The lowest BCUT2D eigenvalue weighted by atomic mass is 10.0. The first-order valence-electron chi connectivity index (χ1n) is 5.34. The Bertz CT molecular complexity index is 258. The van der Waals surface area contributed by atoms with Crippen LogP contribution in [-0.2, 0) is 15.6 Å². The van der Waals surface area contributed by atoms with Gasteiger partial charge in [-0.15, -0.1) is 0 Å². The highest BCUT2D eigenvalue weighted by molar-refractivity contribution is 7.84. The highest BCUT2D eigenvalue weighted by atomic mass is 32.2. The molecule has 1 fully saturated rings. The molecular formula is C10H20N2O2S. The molecule has 1 aliphatic rings.